The Hall–Kier alpha value is -1.15. The number of rotatable bonds is 4. The Morgan fingerprint density at radius 3 is 2.59 bits per heavy atom. The van der Waals surface area contributed by atoms with Crippen LogP contribution >= 0.6 is 0 Å². The second-order valence-corrected chi connectivity index (χ2v) is 5.48. The van der Waals surface area contributed by atoms with Crippen LogP contribution in [0.25, 0.3) is 0 Å². The molecule has 1 aromatic carbocycles. The zero-order valence-electron chi connectivity index (χ0n) is 10.8. The molecule has 17 heavy (non-hydrogen) atoms. The molecular formula is C15H21NO. The number of hydrogen-bond donors (Lipinski definition) is 1. The van der Waals surface area contributed by atoms with E-state index in [1.807, 2.05) is 32.0 Å². The quantitative estimate of drug-likeness (QED) is 0.809. The summed E-state index contributed by atoms with van der Waals surface area (Å²) in [6.07, 6.45) is 4.06. The van der Waals surface area contributed by atoms with Crippen LogP contribution in [0.1, 0.15) is 47.2 Å². The molecule has 0 aromatic heterocycles. The summed E-state index contributed by atoms with van der Waals surface area (Å²) in [7, 11) is 0. The molecule has 0 amide bonds. The molecule has 2 rings (SSSR count). The Kier molecular flexibility index (Phi) is 3.34. The summed E-state index contributed by atoms with van der Waals surface area (Å²) in [4.78, 5) is 12.3. The standard InChI is InChI=1S/C15H21NO/c1-11-4-5-12(2)13(8-11)14(17)9-15(10-16)6-3-7-15/h4-5,8H,3,6-7,9-10,16H2,1-2H3. The molecule has 1 saturated carbocycles. The smallest absolute Gasteiger partial charge is 0.163 e. The summed E-state index contributed by atoms with van der Waals surface area (Å²) in [5, 5.41) is 0. The first kappa shape index (κ1) is 12.3. The van der Waals surface area contributed by atoms with Crippen LogP contribution in [0.4, 0.5) is 0 Å². The molecule has 2 heteroatoms. The minimum Gasteiger partial charge on any atom is -0.330 e. The molecule has 92 valence electrons. The van der Waals surface area contributed by atoms with Crippen LogP contribution < -0.4 is 5.73 Å². The first-order valence-electron chi connectivity index (χ1n) is 6.37. The van der Waals surface area contributed by atoms with Crippen molar-refractivity contribution in [3.8, 4) is 0 Å². The number of benzene rings is 1. The van der Waals surface area contributed by atoms with Gasteiger partial charge in [-0.1, -0.05) is 24.1 Å². The average Bonchev–Trinajstić information content (AvgIpc) is 2.26. The molecular weight excluding hydrogens is 210 g/mol. The zero-order chi connectivity index (χ0) is 12.5. The first-order valence-corrected chi connectivity index (χ1v) is 6.37. The van der Waals surface area contributed by atoms with Crippen LogP contribution in [0.5, 0.6) is 0 Å². The summed E-state index contributed by atoms with van der Waals surface area (Å²) < 4.78 is 0. The van der Waals surface area contributed by atoms with Crippen molar-refractivity contribution in [1.82, 2.24) is 0 Å². The molecule has 1 aliphatic carbocycles. The first-order chi connectivity index (χ1) is 8.06. The van der Waals surface area contributed by atoms with Gasteiger partial charge < -0.3 is 5.73 Å². The number of hydrogen-bond acceptors (Lipinski definition) is 2. The number of nitrogens with two attached hydrogens (primary N) is 1. The highest BCUT2D eigenvalue weighted by atomic mass is 16.1. The van der Waals surface area contributed by atoms with Gasteiger partial charge in [-0.15, -0.1) is 0 Å². The van der Waals surface area contributed by atoms with E-state index < -0.39 is 0 Å². The SMILES string of the molecule is Cc1ccc(C)c(C(=O)CC2(CN)CCC2)c1. The lowest BCUT2D eigenvalue weighted by atomic mass is 9.65. The van der Waals surface area contributed by atoms with Gasteiger partial charge in [-0.25, -0.2) is 0 Å². The van der Waals surface area contributed by atoms with E-state index in [0.717, 1.165) is 29.5 Å². The normalized spacial score (nSPS) is 17.6. The Bertz CT molecular complexity index is 427. The lowest BCUT2D eigenvalue weighted by Gasteiger charge is -2.40. The molecule has 1 aromatic rings. The third-order valence-electron chi connectivity index (χ3n) is 4.08. The molecule has 0 aliphatic heterocycles. The van der Waals surface area contributed by atoms with Crippen molar-refractivity contribution in [1.29, 1.82) is 0 Å². The highest BCUT2D eigenvalue weighted by Crippen LogP contribution is 2.43. The lowest BCUT2D eigenvalue weighted by Crippen LogP contribution is -2.39. The van der Waals surface area contributed by atoms with Crippen LogP contribution in [0.3, 0.4) is 0 Å². The van der Waals surface area contributed by atoms with Crippen molar-refractivity contribution in [3.05, 3.63) is 34.9 Å². The third kappa shape index (κ3) is 2.42. The predicted octanol–water partition coefficient (Wildman–Crippen LogP) is 3.01. The van der Waals surface area contributed by atoms with Gasteiger partial charge in [0.15, 0.2) is 5.78 Å². The Balaban J connectivity index is 2.17. The van der Waals surface area contributed by atoms with Crippen molar-refractivity contribution in [2.75, 3.05) is 6.54 Å². The van der Waals surface area contributed by atoms with Gasteiger partial charge in [0.2, 0.25) is 0 Å². The number of ketones is 1. The molecule has 0 unspecified atom stereocenters. The van der Waals surface area contributed by atoms with Gasteiger partial charge >= 0.3 is 0 Å². The highest BCUT2D eigenvalue weighted by Gasteiger charge is 2.37. The van der Waals surface area contributed by atoms with Crippen molar-refractivity contribution in [2.24, 2.45) is 11.1 Å². The van der Waals surface area contributed by atoms with Gasteiger partial charge in [0, 0.05) is 12.0 Å². The van der Waals surface area contributed by atoms with E-state index in [-0.39, 0.29) is 11.2 Å². The van der Waals surface area contributed by atoms with Crippen molar-refractivity contribution in [3.63, 3.8) is 0 Å². The van der Waals surface area contributed by atoms with Crippen LogP contribution in [0.2, 0.25) is 0 Å². The van der Waals surface area contributed by atoms with E-state index in [2.05, 4.69) is 0 Å². The maximum Gasteiger partial charge on any atom is 0.163 e. The van der Waals surface area contributed by atoms with Crippen LogP contribution in [-0.2, 0) is 0 Å². The summed E-state index contributed by atoms with van der Waals surface area (Å²) in [6, 6.07) is 6.08. The van der Waals surface area contributed by atoms with Crippen molar-refractivity contribution < 1.29 is 4.79 Å². The molecule has 0 radical (unpaired) electrons. The lowest BCUT2D eigenvalue weighted by molar-refractivity contribution is 0.0785. The van der Waals surface area contributed by atoms with Gasteiger partial charge in [-0.05, 0) is 50.3 Å². The van der Waals surface area contributed by atoms with Crippen molar-refractivity contribution >= 4 is 5.78 Å². The van der Waals surface area contributed by atoms with Crippen LogP contribution in [0.15, 0.2) is 18.2 Å². The van der Waals surface area contributed by atoms with Gasteiger partial charge in [-0.2, -0.15) is 0 Å². The topological polar surface area (TPSA) is 43.1 Å². The monoisotopic (exact) mass is 231 g/mol. The summed E-state index contributed by atoms with van der Waals surface area (Å²) in [5.41, 5.74) is 9.02. The van der Waals surface area contributed by atoms with Crippen LogP contribution in [0, 0.1) is 19.3 Å². The fourth-order valence-corrected chi connectivity index (χ4v) is 2.60. The third-order valence-corrected chi connectivity index (χ3v) is 4.08. The average molecular weight is 231 g/mol. The summed E-state index contributed by atoms with van der Waals surface area (Å²) in [5.74, 6) is 0.261. The van der Waals surface area contributed by atoms with E-state index in [1.54, 1.807) is 0 Å². The molecule has 1 aliphatic rings. The zero-order valence-corrected chi connectivity index (χ0v) is 10.8. The molecule has 2 nitrogen and oxygen atoms in total. The maximum atomic E-state index is 12.3. The number of carbonyl (C=O) groups is 1. The Morgan fingerprint density at radius 1 is 1.35 bits per heavy atom. The highest BCUT2D eigenvalue weighted by molar-refractivity contribution is 5.98. The van der Waals surface area contributed by atoms with Gasteiger partial charge in [0.1, 0.15) is 0 Å². The van der Waals surface area contributed by atoms with Crippen LogP contribution in [-0.4, -0.2) is 12.3 Å². The molecule has 0 bridgehead atoms. The van der Waals surface area contributed by atoms with E-state index in [0.29, 0.717) is 13.0 Å². The van der Waals surface area contributed by atoms with E-state index in [1.165, 1.54) is 6.42 Å². The van der Waals surface area contributed by atoms with Gasteiger partial charge in [0.05, 0.1) is 0 Å². The fourth-order valence-electron chi connectivity index (χ4n) is 2.60. The van der Waals surface area contributed by atoms with E-state index >= 15 is 0 Å². The number of Topliss-reactive ketones (excluding diaryl/α,β-unsaturated/α-hetero) is 1. The maximum absolute atomic E-state index is 12.3. The molecule has 2 N–H and O–H groups in total. The van der Waals surface area contributed by atoms with Gasteiger partial charge in [-0.3, -0.25) is 4.79 Å². The second-order valence-electron chi connectivity index (χ2n) is 5.48. The minimum atomic E-state index is 0.104. The van der Waals surface area contributed by atoms with Gasteiger partial charge in [0.25, 0.3) is 0 Å². The Morgan fingerprint density at radius 2 is 2.06 bits per heavy atom. The molecule has 0 atom stereocenters. The largest absolute Gasteiger partial charge is 0.330 e. The molecule has 0 heterocycles. The molecule has 1 fully saturated rings. The molecule has 0 spiro atoms. The predicted molar refractivity (Wildman–Crippen MR) is 70.2 cm³/mol. The summed E-state index contributed by atoms with van der Waals surface area (Å²) >= 11 is 0. The second kappa shape index (κ2) is 4.61. The summed E-state index contributed by atoms with van der Waals surface area (Å²) in [6.45, 7) is 4.67. The number of aryl methyl sites for hydroxylation is 2. The van der Waals surface area contributed by atoms with E-state index in [4.69, 9.17) is 5.73 Å². The Labute approximate surface area is 103 Å². The van der Waals surface area contributed by atoms with Crippen molar-refractivity contribution in [2.45, 2.75) is 39.5 Å². The molecule has 0 saturated heterocycles. The fraction of sp³-hybridized carbons (Fsp3) is 0.533. The number of carbonyl (C=O) groups excluding carboxylic acids is 1. The minimum absolute atomic E-state index is 0.104. The van der Waals surface area contributed by atoms with E-state index in [9.17, 15) is 4.79 Å².